The summed E-state index contributed by atoms with van der Waals surface area (Å²) in [6.07, 6.45) is 8.71. The van der Waals surface area contributed by atoms with E-state index in [9.17, 15) is 9.59 Å². The molecule has 0 radical (unpaired) electrons. The van der Waals surface area contributed by atoms with Gasteiger partial charge in [-0.2, -0.15) is 0 Å². The summed E-state index contributed by atoms with van der Waals surface area (Å²) in [7, 11) is 0. The molecule has 2 aromatic heterocycles. The summed E-state index contributed by atoms with van der Waals surface area (Å²) in [4.78, 5) is 28.0. The molecule has 0 spiro atoms. The Morgan fingerprint density at radius 1 is 1.33 bits per heavy atom. The van der Waals surface area contributed by atoms with E-state index in [1.807, 2.05) is 12.2 Å². The molecule has 24 heavy (non-hydrogen) atoms. The van der Waals surface area contributed by atoms with E-state index in [2.05, 4.69) is 16.2 Å². The number of hydrogen-bond acceptors (Lipinski definition) is 5. The number of carbonyl (C=O) groups is 1. The molecule has 0 aliphatic heterocycles. The van der Waals surface area contributed by atoms with E-state index in [4.69, 9.17) is 5.73 Å². The average molecular weight is 321 g/mol. The monoisotopic (exact) mass is 321 g/mol. The lowest BCUT2D eigenvalue weighted by molar-refractivity contribution is 0.112. The number of benzene rings is 1. The van der Waals surface area contributed by atoms with Crippen molar-refractivity contribution in [3.63, 3.8) is 0 Å². The highest BCUT2D eigenvalue weighted by molar-refractivity contribution is 5.87. The van der Waals surface area contributed by atoms with Crippen LogP contribution >= 0.6 is 0 Å². The summed E-state index contributed by atoms with van der Waals surface area (Å²) in [6.45, 7) is 0.429. The molecule has 2 heterocycles. The number of nitrogen functional groups attached to an aromatic ring is 1. The van der Waals surface area contributed by atoms with Crippen molar-refractivity contribution in [2.75, 3.05) is 5.73 Å². The fraction of sp³-hybridized carbons (Fsp3) is 0.176. The minimum absolute atomic E-state index is 0.166. The van der Waals surface area contributed by atoms with Gasteiger partial charge in [0.15, 0.2) is 5.82 Å². The SMILES string of the molecule is Nc1nc2cc(C=O)ccc2n2c(=O)n(CC3=CC=CCC3)nc12. The number of anilines is 1. The summed E-state index contributed by atoms with van der Waals surface area (Å²) >= 11 is 0. The molecule has 0 saturated heterocycles. The van der Waals surface area contributed by atoms with Crippen LogP contribution in [-0.2, 0) is 6.54 Å². The number of nitrogens with zero attached hydrogens (tertiary/aromatic N) is 4. The van der Waals surface area contributed by atoms with Gasteiger partial charge >= 0.3 is 5.69 Å². The zero-order valence-electron chi connectivity index (χ0n) is 12.8. The lowest BCUT2D eigenvalue weighted by atomic mass is 10.1. The molecule has 1 aromatic carbocycles. The van der Waals surface area contributed by atoms with Gasteiger partial charge in [0.1, 0.15) is 6.29 Å². The highest BCUT2D eigenvalue weighted by Gasteiger charge is 2.15. The van der Waals surface area contributed by atoms with E-state index >= 15 is 0 Å². The van der Waals surface area contributed by atoms with Gasteiger partial charge in [-0.1, -0.05) is 18.2 Å². The number of allylic oxidation sites excluding steroid dienone is 4. The van der Waals surface area contributed by atoms with Crippen molar-refractivity contribution in [2.24, 2.45) is 0 Å². The van der Waals surface area contributed by atoms with Crippen LogP contribution in [0.1, 0.15) is 23.2 Å². The number of fused-ring (bicyclic) bond motifs is 3. The molecule has 0 fully saturated rings. The van der Waals surface area contributed by atoms with Crippen molar-refractivity contribution < 1.29 is 4.79 Å². The van der Waals surface area contributed by atoms with Crippen molar-refractivity contribution in [1.29, 1.82) is 0 Å². The highest BCUT2D eigenvalue weighted by atomic mass is 16.2. The molecule has 3 aromatic rings. The average Bonchev–Trinajstić information content (AvgIpc) is 2.93. The van der Waals surface area contributed by atoms with Crippen molar-refractivity contribution >= 4 is 28.8 Å². The molecule has 0 bridgehead atoms. The summed E-state index contributed by atoms with van der Waals surface area (Å²) < 4.78 is 2.86. The molecule has 7 heteroatoms. The molecule has 1 aliphatic carbocycles. The first-order valence-corrected chi connectivity index (χ1v) is 7.66. The van der Waals surface area contributed by atoms with E-state index in [0.717, 1.165) is 24.7 Å². The van der Waals surface area contributed by atoms with Gasteiger partial charge in [-0.3, -0.25) is 4.79 Å². The zero-order chi connectivity index (χ0) is 16.7. The maximum Gasteiger partial charge on any atom is 0.351 e. The van der Waals surface area contributed by atoms with Crippen LogP contribution in [0.2, 0.25) is 0 Å². The Labute approximate surface area is 136 Å². The summed E-state index contributed by atoms with van der Waals surface area (Å²) in [5.74, 6) is 0.166. The third kappa shape index (κ3) is 2.21. The van der Waals surface area contributed by atoms with E-state index in [0.29, 0.717) is 28.8 Å². The predicted molar refractivity (Wildman–Crippen MR) is 91.0 cm³/mol. The van der Waals surface area contributed by atoms with E-state index in [1.54, 1.807) is 18.2 Å². The number of carbonyl (C=O) groups excluding carboxylic acids is 1. The second-order valence-corrected chi connectivity index (χ2v) is 5.75. The zero-order valence-corrected chi connectivity index (χ0v) is 12.8. The van der Waals surface area contributed by atoms with Gasteiger partial charge in [-0.25, -0.2) is 18.9 Å². The van der Waals surface area contributed by atoms with E-state index < -0.39 is 0 Å². The van der Waals surface area contributed by atoms with E-state index in [1.165, 1.54) is 9.08 Å². The second-order valence-electron chi connectivity index (χ2n) is 5.75. The van der Waals surface area contributed by atoms with Crippen molar-refractivity contribution in [3.05, 3.63) is 58.0 Å². The Kier molecular flexibility index (Phi) is 3.26. The molecular weight excluding hydrogens is 306 g/mol. The first-order chi connectivity index (χ1) is 11.7. The maximum atomic E-state index is 12.8. The Morgan fingerprint density at radius 2 is 2.21 bits per heavy atom. The lowest BCUT2D eigenvalue weighted by Crippen LogP contribution is -2.22. The molecule has 0 amide bonds. The molecule has 0 saturated carbocycles. The first kappa shape index (κ1) is 14.4. The standard InChI is InChI=1S/C17H15N5O2/c18-15-16-20-21(9-11-4-2-1-3-5-11)17(24)22(16)14-7-6-12(10-23)8-13(14)19-15/h1-2,4,6-8,10H,3,5,9H2,(H2,18,19). The summed E-state index contributed by atoms with van der Waals surface area (Å²) in [5, 5.41) is 4.34. The molecular formula is C17H15N5O2. The summed E-state index contributed by atoms with van der Waals surface area (Å²) in [6, 6.07) is 4.94. The second kappa shape index (κ2) is 5.45. The smallest absolute Gasteiger partial charge is 0.351 e. The van der Waals surface area contributed by atoms with Gasteiger partial charge in [-0.05, 0) is 36.6 Å². The largest absolute Gasteiger partial charge is 0.381 e. The quantitative estimate of drug-likeness (QED) is 0.741. The highest BCUT2D eigenvalue weighted by Crippen LogP contribution is 2.19. The normalized spacial score (nSPS) is 14.2. The Hall–Kier alpha value is -3.22. The molecule has 4 rings (SSSR count). The molecule has 2 N–H and O–H groups in total. The minimum Gasteiger partial charge on any atom is -0.381 e. The maximum absolute atomic E-state index is 12.8. The number of nitrogens with two attached hydrogens (primary N) is 1. The molecule has 0 atom stereocenters. The molecule has 1 aliphatic rings. The minimum atomic E-state index is -0.265. The van der Waals surface area contributed by atoms with Gasteiger partial charge in [-0.15, -0.1) is 5.10 Å². The molecule has 7 nitrogen and oxygen atoms in total. The molecule has 0 unspecified atom stereocenters. The van der Waals surface area contributed by atoms with Crippen LogP contribution in [0.15, 0.2) is 46.8 Å². The fourth-order valence-corrected chi connectivity index (χ4v) is 2.94. The van der Waals surface area contributed by atoms with Crippen LogP contribution in [0.3, 0.4) is 0 Å². The lowest BCUT2D eigenvalue weighted by Gasteiger charge is -2.07. The predicted octanol–water partition coefficient (Wildman–Crippen LogP) is 1.72. The van der Waals surface area contributed by atoms with Gasteiger partial charge in [0, 0.05) is 5.56 Å². The first-order valence-electron chi connectivity index (χ1n) is 7.66. The number of rotatable bonds is 3. The van der Waals surface area contributed by atoms with Gasteiger partial charge in [0.25, 0.3) is 0 Å². The van der Waals surface area contributed by atoms with Crippen LogP contribution in [0.25, 0.3) is 16.7 Å². The van der Waals surface area contributed by atoms with E-state index in [-0.39, 0.29) is 11.5 Å². The van der Waals surface area contributed by atoms with Crippen LogP contribution in [0.5, 0.6) is 0 Å². The number of hydrogen-bond donors (Lipinski definition) is 1. The van der Waals surface area contributed by atoms with Crippen LogP contribution < -0.4 is 11.4 Å². The Bertz CT molecular complexity index is 1090. The third-order valence-electron chi connectivity index (χ3n) is 4.14. The van der Waals surface area contributed by atoms with Crippen LogP contribution in [0.4, 0.5) is 5.82 Å². The van der Waals surface area contributed by atoms with Crippen molar-refractivity contribution in [2.45, 2.75) is 19.4 Å². The third-order valence-corrected chi connectivity index (χ3v) is 4.14. The topological polar surface area (TPSA) is 95.3 Å². The Balaban J connectivity index is 1.94. The fourth-order valence-electron chi connectivity index (χ4n) is 2.94. The number of aldehydes is 1. The van der Waals surface area contributed by atoms with Gasteiger partial charge in [0.05, 0.1) is 17.6 Å². The van der Waals surface area contributed by atoms with Gasteiger partial charge in [0.2, 0.25) is 5.65 Å². The number of aromatic nitrogens is 4. The molecule has 120 valence electrons. The van der Waals surface area contributed by atoms with Crippen molar-refractivity contribution in [1.82, 2.24) is 19.2 Å². The summed E-state index contributed by atoms with van der Waals surface area (Å²) in [5.41, 5.74) is 8.73. The van der Waals surface area contributed by atoms with Crippen LogP contribution in [0, 0.1) is 0 Å². The van der Waals surface area contributed by atoms with Crippen molar-refractivity contribution in [3.8, 4) is 0 Å². The Morgan fingerprint density at radius 3 is 2.96 bits per heavy atom. The van der Waals surface area contributed by atoms with Crippen LogP contribution in [-0.4, -0.2) is 25.5 Å². The van der Waals surface area contributed by atoms with Gasteiger partial charge < -0.3 is 5.73 Å².